The molecule has 2 rings (SSSR count). The Kier molecular flexibility index (Phi) is 5.39. The molecule has 0 aliphatic carbocycles. The van der Waals surface area contributed by atoms with Gasteiger partial charge in [0.15, 0.2) is 0 Å². The smallest absolute Gasteiger partial charge is 0.0900 e. The van der Waals surface area contributed by atoms with Crippen LogP contribution >= 0.6 is 23.2 Å². The second-order valence-electron chi connectivity index (χ2n) is 3.15. The predicted octanol–water partition coefficient (Wildman–Crippen LogP) is 4.79. The first-order valence-electron chi connectivity index (χ1n) is 5.41. The van der Waals surface area contributed by atoms with E-state index in [-0.39, 0.29) is 0 Å². The fourth-order valence-electron chi connectivity index (χ4n) is 1.28. The number of hydrogen-bond acceptors (Lipinski definition) is 2. The van der Waals surface area contributed by atoms with Crippen LogP contribution < -0.4 is 0 Å². The molecule has 0 saturated heterocycles. The van der Waals surface area contributed by atoms with Crippen molar-refractivity contribution in [3.05, 3.63) is 46.3 Å². The van der Waals surface area contributed by atoms with E-state index < -0.39 is 0 Å². The Hall–Kier alpha value is -1.12. The van der Waals surface area contributed by atoms with Crippen LogP contribution in [-0.4, -0.2) is 9.97 Å². The zero-order valence-corrected chi connectivity index (χ0v) is 11.5. The van der Waals surface area contributed by atoms with Gasteiger partial charge in [-0.05, 0) is 12.5 Å². The topological polar surface area (TPSA) is 25.8 Å². The summed E-state index contributed by atoms with van der Waals surface area (Å²) >= 11 is 12.2. The molecule has 0 bridgehead atoms. The first kappa shape index (κ1) is 13.9. The van der Waals surface area contributed by atoms with Gasteiger partial charge >= 0.3 is 0 Å². The molecule has 0 amide bonds. The summed E-state index contributed by atoms with van der Waals surface area (Å²) in [4.78, 5) is 8.17. The van der Waals surface area contributed by atoms with Crippen molar-refractivity contribution in [2.45, 2.75) is 20.8 Å². The molecule has 17 heavy (non-hydrogen) atoms. The molecule has 0 saturated carbocycles. The monoisotopic (exact) mass is 268 g/mol. The van der Waals surface area contributed by atoms with Gasteiger partial charge in [-0.1, -0.05) is 49.2 Å². The molecule has 90 valence electrons. The largest absolute Gasteiger partial charge is 0.261 e. The molecular formula is C13H14Cl2N2. The lowest BCUT2D eigenvalue weighted by molar-refractivity contribution is 1.20. The number of aromatic nitrogens is 2. The fraction of sp³-hybridized carbons (Fsp3) is 0.231. The van der Waals surface area contributed by atoms with Crippen molar-refractivity contribution in [1.29, 1.82) is 0 Å². The Morgan fingerprint density at radius 3 is 2.29 bits per heavy atom. The first-order valence-corrected chi connectivity index (χ1v) is 6.16. The summed E-state index contributed by atoms with van der Waals surface area (Å²) in [7, 11) is 0. The van der Waals surface area contributed by atoms with E-state index in [9.17, 15) is 0 Å². The predicted molar refractivity (Wildman–Crippen MR) is 73.6 cm³/mol. The van der Waals surface area contributed by atoms with Crippen molar-refractivity contribution >= 4 is 23.2 Å². The van der Waals surface area contributed by atoms with Gasteiger partial charge < -0.3 is 0 Å². The summed E-state index contributed by atoms with van der Waals surface area (Å²) in [5.74, 6) is 0. The number of hydrogen-bond donors (Lipinski definition) is 0. The second kappa shape index (κ2) is 6.58. The molecule has 0 spiro atoms. The summed E-state index contributed by atoms with van der Waals surface area (Å²) in [6, 6.07) is 3.81. The summed E-state index contributed by atoms with van der Waals surface area (Å²) in [5.41, 5.74) is 2.49. The summed E-state index contributed by atoms with van der Waals surface area (Å²) < 4.78 is 0. The van der Waals surface area contributed by atoms with Gasteiger partial charge in [-0.3, -0.25) is 9.97 Å². The van der Waals surface area contributed by atoms with Gasteiger partial charge in [0.05, 0.1) is 21.9 Å². The van der Waals surface area contributed by atoms with Crippen LogP contribution in [0.2, 0.25) is 10.0 Å². The summed E-state index contributed by atoms with van der Waals surface area (Å²) in [6.07, 6.45) is 4.90. The quantitative estimate of drug-likeness (QED) is 0.744. The van der Waals surface area contributed by atoms with Crippen molar-refractivity contribution in [1.82, 2.24) is 9.97 Å². The van der Waals surface area contributed by atoms with Crippen LogP contribution in [0.25, 0.3) is 11.3 Å². The van der Waals surface area contributed by atoms with Gasteiger partial charge in [0.2, 0.25) is 0 Å². The summed E-state index contributed by atoms with van der Waals surface area (Å²) in [5, 5.41) is 1.09. The van der Waals surface area contributed by atoms with E-state index in [0.29, 0.717) is 10.0 Å². The van der Waals surface area contributed by atoms with Crippen LogP contribution in [-0.2, 0) is 0 Å². The van der Waals surface area contributed by atoms with Crippen LogP contribution in [0, 0.1) is 6.92 Å². The third-order valence-electron chi connectivity index (χ3n) is 2.11. The highest BCUT2D eigenvalue weighted by molar-refractivity contribution is 6.44. The van der Waals surface area contributed by atoms with Crippen LogP contribution in [0.1, 0.15) is 19.4 Å². The van der Waals surface area contributed by atoms with Crippen LogP contribution in [0.4, 0.5) is 0 Å². The van der Waals surface area contributed by atoms with Crippen LogP contribution in [0.5, 0.6) is 0 Å². The van der Waals surface area contributed by atoms with E-state index in [1.54, 1.807) is 18.6 Å². The van der Waals surface area contributed by atoms with Gasteiger partial charge in [-0.15, -0.1) is 0 Å². The average molecular weight is 269 g/mol. The van der Waals surface area contributed by atoms with E-state index in [0.717, 1.165) is 16.8 Å². The maximum atomic E-state index is 6.13. The van der Waals surface area contributed by atoms with Crippen molar-refractivity contribution in [2.24, 2.45) is 0 Å². The van der Waals surface area contributed by atoms with Gasteiger partial charge in [0, 0.05) is 18.0 Å². The number of rotatable bonds is 1. The molecule has 1 heterocycles. The number of benzene rings is 1. The Morgan fingerprint density at radius 1 is 1.00 bits per heavy atom. The SMILES string of the molecule is CC.Cc1ccc(-c2cnccn2)c(Cl)c1Cl. The normalized spacial score (nSPS) is 9.47. The minimum absolute atomic E-state index is 0.525. The number of nitrogens with zero attached hydrogens (tertiary/aromatic N) is 2. The zero-order valence-electron chi connectivity index (χ0n) is 10.0. The molecule has 1 aromatic carbocycles. The second-order valence-corrected chi connectivity index (χ2v) is 3.90. The van der Waals surface area contributed by atoms with Gasteiger partial charge in [-0.2, -0.15) is 0 Å². The van der Waals surface area contributed by atoms with Crippen molar-refractivity contribution in [2.75, 3.05) is 0 Å². The lowest BCUT2D eigenvalue weighted by Crippen LogP contribution is -1.87. The standard InChI is InChI=1S/C11H8Cl2N2.C2H6/c1-7-2-3-8(11(13)10(7)12)9-6-14-4-5-15-9;1-2/h2-6H,1H3;1-2H3. The van der Waals surface area contributed by atoms with E-state index in [1.165, 1.54) is 0 Å². The molecule has 4 heteroatoms. The van der Waals surface area contributed by atoms with Crippen molar-refractivity contribution in [3.8, 4) is 11.3 Å². The molecule has 0 atom stereocenters. The molecular weight excluding hydrogens is 255 g/mol. The molecule has 0 radical (unpaired) electrons. The van der Waals surface area contributed by atoms with E-state index in [1.807, 2.05) is 32.9 Å². The Balaban J connectivity index is 0.000000686. The third kappa shape index (κ3) is 3.18. The Bertz CT molecular complexity index is 484. The average Bonchev–Trinajstić information content (AvgIpc) is 2.40. The highest BCUT2D eigenvalue weighted by atomic mass is 35.5. The molecule has 0 aliphatic rings. The highest BCUT2D eigenvalue weighted by Gasteiger charge is 2.09. The minimum atomic E-state index is 0.525. The number of halogens is 2. The highest BCUT2D eigenvalue weighted by Crippen LogP contribution is 2.34. The summed E-state index contributed by atoms with van der Waals surface area (Å²) in [6.45, 7) is 5.91. The molecule has 0 unspecified atom stereocenters. The third-order valence-corrected chi connectivity index (χ3v) is 3.09. The number of aryl methyl sites for hydroxylation is 1. The van der Waals surface area contributed by atoms with Gasteiger partial charge in [0.1, 0.15) is 0 Å². The van der Waals surface area contributed by atoms with E-state index in [2.05, 4.69) is 9.97 Å². The Labute approximate surface area is 112 Å². The molecule has 2 aromatic rings. The molecule has 0 aliphatic heterocycles. The van der Waals surface area contributed by atoms with Crippen molar-refractivity contribution < 1.29 is 0 Å². The Morgan fingerprint density at radius 2 is 1.71 bits per heavy atom. The molecule has 0 fully saturated rings. The van der Waals surface area contributed by atoms with E-state index in [4.69, 9.17) is 23.2 Å². The zero-order chi connectivity index (χ0) is 12.8. The first-order chi connectivity index (χ1) is 8.20. The molecule has 1 aromatic heterocycles. The van der Waals surface area contributed by atoms with Gasteiger partial charge in [0.25, 0.3) is 0 Å². The maximum absolute atomic E-state index is 6.13. The van der Waals surface area contributed by atoms with Crippen LogP contribution in [0.3, 0.4) is 0 Å². The fourth-order valence-corrected chi connectivity index (χ4v) is 1.76. The van der Waals surface area contributed by atoms with Crippen LogP contribution in [0.15, 0.2) is 30.7 Å². The molecule has 0 N–H and O–H groups in total. The molecule has 2 nitrogen and oxygen atoms in total. The maximum Gasteiger partial charge on any atom is 0.0900 e. The lowest BCUT2D eigenvalue weighted by atomic mass is 10.1. The van der Waals surface area contributed by atoms with E-state index >= 15 is 0 Å². The minimum Gasteiger partial charge on any atom is -0.261 e. The van der Waals surface area contributed by atoms with Gasteiger partial charge in [-0.25, -0.2) is 0 Å². The van der Waals surface area contributed by atoms with Crippen molar-refractivity contribution in [3.63, 3.8) is 0 Å². The lowest BCUT2D eigenvalue weighted by Gasteiger charge is -2.06.